The van der Waals surface area contributed by atoms with Crippen LogP contribution in [0.1, 0.15) is 47.9 Å². The van der Waals surface area contributed by atoms with E-state index >= 15 is 0 Å². The van der Waals surface area contributed by atoms with Gasteiger partial charge in [-0.05, 0) is 36.0 Å². The Bertz CT molecular complexity index is 1460. The predicted molar refractivity (Wildman–Crippen MR) is 160 cm³/mol. The van der Waals surface area contributed by atoms with Gasteiger partial charge in [-0.2, -0.15) is 0 Å². The second-order valence-electron chi connectivity index (χ2n) is 10.1. The minimum Gasteiger partial charge on any atom is -0.481 e. The van der Waals surface area contributed by atoms with Crippen LogP contribution in [0.15, 0.2) is 84.9 Å². The zero-order valence-electron chi connectivity index (χ0n) is 23.2. The van der Waals surface area contributed by atoms with Crippen molar-refractivity contribution in [3.05, 3.63) is 107 Å². The summed E-state index contributed by atoms with van der Waals surface area (Å²) in [6.07, 6.45) is -0.138. The summed E-state index contributed by atoms with van der Waals surface area (Å²) in [5.41, 5.74) is 8.23. The number of rotatable bonds is 17. The SMILES string of the molecule is N=C(N)c1ccc(CNC(=O)[C@H](CCC(=O)O)CC(=O)[C@@H](CCc2ccccc2)NS(=O)(=O)Cc2ccccc2)cc1. The largest absolute Gasteiger partial charge is 0.481 e. The lowest BCUT2D eigenvalue weighted by Gasteiger charge is -2.21. The zero-order chi connectivity index (χ0) is 30.5. The third kappa shape index (κ3) is 10.9. The van der Waals surface area contributed by atoms with Crippen molar-refractivity contribution in [3.63, 3.8) is 0 Å². The van der Waals surface area contributed by atoms with Gasteiger partial charge in [-0.3, -0.25) is 19.8 Å². The van der Waals surface area contributed by atoms with E-state index in [1.807, 2.05) is 30.3 Å². The molecular weight excluding hydrogens is 556 g/mol. The number of aryl methyl sites for hydroxylation is 1. The summed E-state index contributed by atoms with van der Waals surface area (Å²) in [4.78, 5) is 38.0. The second kappa shape index (κ2) is 15.6. The van der Waals surface area contributed by atoms with E-state index in [1.165, 1.54) is 0 Å². The van der Waals surface area contributed by atoms with Crippen molar-refractivity contribution >= 4 is 33.5 Å². The molecule has 10 nitrogen and oxygen atoms in total. The van der Waals surface area contributed by atoms with Crippen LogP contribution >= 0.6 is 0 Å². The topological polar surface area (TPSA) is 180 Å². The van der Waals surface area contributed by atoms with Crippen LogP contribution in [0.5, 0.6) is 0 Å². The van der Waals surface area contributed by atoms with Crippen LogP contribution in [0.2, 0.25) is 0 Å². The number of nitrogens with two attached hydrogens (primary N) is 1. The average molecular weight is 593 g/mol. The number of Topliss-reactive ketones (excluding diaryl/α,β-unsaturated/α-hetero) is 1. The van der Waals surface area contributed by atoms with E-state index in [4.69, 9.17) is 11.1 Å². The first-order chi connectivity index (χ1) is 20.0. The molecule has 0 saturated carbocycles. The minimum atomic E-state index is -3.91. The highest BCUT2D eigenvalue weighted by Gasteiger charge is 2.29. The van der Waals surface area contributed by atoms with Crippen LogP contribution in [-0.4, -0.2) is 43.1 Å². The third-order valence-electron chi connectivity index (χ3n) is 6.73. The summed E-state index contributed by atoms with van der Waals surface area (Å²) in [6, 6.07) is 23.5. The van der Waals surface area contributed by atoms with Gasteiger partial charge in [0.15, 0.2) is 5.78 Å². The van der Waals surface area contributed by atoms with Gasteiger partial charge in [-0.25, -0.2) is 13.1 Å². The molecule has 0 aliphatic heterocycles. The standard InChI is InChI=1S/C31H36N4O6S/c32-30(33)25-14-11-23(12-15-25)20-34-31(39)26(16-18-29(37)38)19-28(36)27(17-13-22-7-3-1-4-8-22)35-42(40,41)21-24-9-5-2-6-10-24/h1-12,14-15,26-27,35H,13,16-21H2,(H3,32,33)(H,34,39)(H,37,38)/t26-,27-/m1/s1. The Labute approximate surface area is 245 Å². The molecule has 222 valence electrons. The highest BCUT2D eigenvalue weighted by atomic mass is 32.2. The van der Waals surface area contributed by atoms with Crippen molar-refractivity contribution in [2.24, 2.45) is 11.7 Å². The van der Waals surface area contributed by atoms with E-state index in [0.717, 1.165) is 11.1 Å². The van der Waals surface area contributed by atoms with E-state index in [-0.39, 0.29) is 43.8 Å². The fraction of sp³-hybridized carbons (Fsp3) is 0.290. The number of ketones is 1. The highest BCUT2D eigenvalue weighted by Crippen LogP contribution is 2.18. The molecule has 1 amide bonds. The second-order valence-corrected chi connectivity index (χ2v) is 11.8. The first-order valence-corrected chi connectivity index (χ1v) is 15.2. The van der Waals surface area contributed by atoms with E-state index in [1.54, 1.807) is 54.6 Å². The Morgan fingerprint density at radius 2 is 1.43 bits per heavy atom. The molecule has 0 saturated heterocycles. The van der Waals surface area contributed by atoms with E-state index < -0.39 is 39.6 Å². The summed E-state index contributed by atoms with van der Waals surface area (Å²) in [5, 5.41) is 19.5. The van der Waals surface area contributed by atoms with Gasteiger partial charge < -0.3 is 16.2 Å². The van der Waals surface area contributed by atoms with E-state index in [0.29, 0.717) is 17.5 Å². The number of amides is 1. The lowest BCUT2D eigenvalue weighted by atomic mass is 9.91. The molecule has 0 unspecified atom stereocenters. The Morgan fingerprint density at radius 3 is 2.00 bits per heavy atom. The quantitative estimate of drug-likeness (QED) is 0.118. The van der Waals surface area contributed by atoms with Gasteiger partial charge >= 0.3 is 5.97 Å². The minimum absolute atomic E-state index is 0.0842. The highest BCUT2D eigenvalue weighted by molar-refractivity contribution is 7.88. The number of carbonyl (C=O) groups excluding carboxylic acids is 2. The smallest absolute Gasteiger partial charge is 0.303 e. The van der Waals surface area contributed by atoms with Crippen molar-refractivity contribution in [2.75, 3.05) is 0 Å². The molecule has 0 fully saturated rings. The molecule has 0 bridgehead atoms. The van der Waals surface area contributed by atoms with Gasteiger partial charge in [-0.15, -0.1) is 0 Å². The normalized spacial score (nSPS) is 12.7. The van der Waals surface area contributed by atoms with Crippen molar-refractivity contribution < 1.29 is 27.9 Å². The van der Waals surface area contributed by atoms with Gasteiger partial charge in [0.25, 0.3) is 0 Å². The molecule has 3 aromatic rings. The van der Waals surface area contributed by atoms with Crippen LogP contribution in [-0.2, 0) is 43.1 Å². The first-order valence-electron chi connectivity index (χ1n) is 13.6. The van der Waals surface area contributed by atoms with Gasteiger partial charge in [0.2, 0.25) is 15.9 Å². The molecule has 0 aliphatic carbocycles. The fourth-order valence-corrected chi connectivity index (χ4v) is 5.84. The molecule has 6 N–H and O–H groups in total. The Morgan fingerprint density at radius 1 is 0.833 bits per heavy atom. The lowest BCUT2D eigenvalue weighted by molar-refractivity contribution is -0.138. The van der Waals surface area contributed by atoms with Gasteiger partial charge in [-0.1, -0.05) is 84.9 Å². The van der Waals surface area contributed by atoms with Gasteiger partial charge in [0.1, 0.15) is 5.84 Å². The number of nitrogen functional groups attached to an aromatic ring is 1. The summed E-state index contributed by atoms with van der Waals surface area (Å²) in [6.45, 7) is 0.121. The van der Waals surface area contributed by atoms with Gasteiger partial charge in [0.05, 0.1) is 11.8 Å². The van der Waals surface area contributed by atoms with Gasteiger partial charge in [0, 0.05) is 30.9 Å². The maximum absolute atomic E-state index is 13.5. The number of benzene rings is 3. The van der Waals surface area contributed by atoms with E-state index in [2.05, 4.69) is 10.0 Å². The molecule has 0 aromatic heterocycles. The molecule has 0 aliphatic rings. The molecule has 0 spiro atoms. The molecule has 42 heavy (non-hydrogen) atoms. The number of aliphatic carboxylic acids is 1. The van der Waals surface area contributed by atoms with Crippen molar-refractivity contribution in [1.82, 2.24) is 10.0 Å². The number of hydrogen-bond donors (Lipinski definition) is 5. The number of carboxylic acid groups (broad SMARTS) is 1. The van der Waals surface area contributed by atoms with Crippen LogP contribution in [0, 0.1) is 11.3 Å². The summed E-state index contributed by atoms with van der Waals surface area (Å²) in [5.74, 6) is -3.46. The average Bonchev–Trinajstić information content (AvgIpc) is 2.96. The van der Waals surface area contributed by atoms with Crippen molar-refractivity contribution in [2.45, 2.75) is 50.4 Å². The molecule has 2 atom stereocenters. The number of carbonyl (C=O) groups is 3. The van der Waals surface area contributed by atoms with Crippen LogP contribution < -0.4 is 15.8 Å². The Hall–Kier alpha value is -4.35. The maximum Gasteiger partial charge on any atom is 0.303 e. The molecule has 0 radical (unpaired) electrons. The third-order valence-corrected chi connectivity index (χ3v) is 8.09. The van der Waals surface area contributed by atoms with Crippen LogP contribution in [0.25, 0.3) is 0 Å². The monoisotopic (exact) mass is 592 g/mol. The molecular formula is C31H36N4O6S. The maximum atomic E-state index is 13.5. The van der Waals surface area contributed by atoms with Crippen molar-refractivity contribution in [3.8, 4) is 0 Å². The summed E-state index contributed by atoms with van der Waals surface area (Å²) < 4.78 is 28.6. The lowest BCUT2D eigenvalue weighted by Crippen LogP contribution is -2.43. The van der Waals surface area contributed by atoms with Crippen LogP contribution in [0.3, 0.4) is 0 Å². The van der Waals surface area contributed by atoms with Crippen LogP contribution in [0.4, 0.5) is 0 Å². The number of carboxylic acids is 1. The predicted octanol–water partition coefficient (Wildman–Crippen LogP) is 3.15. The molecule has 3 aromatic carbocycles. The fourth-order valence-electron chi connectivity index (χ4n) is 4.44. The summed E-state index contributed by atoms with van der Waals surface area (Å²) in [7, 11) is -3.91. The summed E-state index contributed by atoms with van der Waals surface area (Å²) >= 11 is 0. The molecule has 3 rings (SSSR count). The Kier molecular flexibility index (Phi) is 11.9. The Balaban J connectivity index is 1.74. The molecule has 11 heteroatoms. The van der Waals surface area contributed by atoms with E-state index in [9.17, 15) is 27.9 Å². The number of sulfonamides is 1. The first kappa shape index (κ1) is 32.2. The number of hydrogen-bond acceptors (Lipinski definition) is 6. The number of amidine groups is 1. The zero-order valence-corrected chi connectivity index (χ0v) is 24.0. The number of nitrogens with one attached hydrogen (secondary N) is 3. The molecule has 0 heterocycles. The van der Waals surface area contributed by atoms with Crippen molar-refractivity contribution in [1.29, 1.82) is 5.41 Å².